The molecule has 0 fully saturated rings. The molecule has 0 aromatic carbocycles. The summed E-state index contributed by atoms with van der Waals surface area (Å²) in [4.78, 5) is 10.8. The van der Waals surface area contributed by atoms with Crippen molar-refractivity contribution < 1.29 is 9.53 Å². The van der Waals surface area contributed by atoms with Crippen LogP contribution < -0.4 is 0 Å². The van der Waals surface area contributed by atoms with Gasteiger partial charge in [0.2, 0.25) is 0 Å². The van der Waals surface area contributed by atoms with Gasteiger partial charge < -0.3 is 4.74 Å². The second-order valence-electron chi connectivity index (χ2n) is 4.24. The van der Waals surface area contributed by atoms with E-state index in [2.05, 4.69) is 6.92 Å². The zero-order valence-corrected chi connectivity index (χ0v) is 9.71. The van der Waals surface area contributed by atoms with Crippen LogP contribution in [0.4, 0.5) is 0 Å². The van der Waals surface area contributed by atoms with E-state index < -0.39 is 0 Å². The Hall–Kier alpha value is -0.790. The third-order valence-electron chi connectivity index (χ3n) is 2.81. The maximum atomic E-state index is 10.8. The number of hydrogen-bond donors (Lipinski definition) is 0. The smallest absolute Gasteiger partial charge is 0.331 e. The van der Waals surface area contributed by atoms with E-state index in [-0.39, 0.29) is 12.1 Å². The zero-order valence-electron chi connectivity index (χ0n) is 9.71. The van der Waals surface area contributed by atoms with E-state index in [4.69, 9.17) is 4.74 Å². The van der Waals surface area contributed by atoms with Crippen LogP contribution in [0, 0.1) is 0 Å². The third-order valence-corrected chi connectivity index (χ3v) is 2.81. The molecule has 0 saturated heterocycles. The van der Waals surface area contributed by atoms with Crippen molar-refractivity contribution in [2.24, 2.45) is 0 Å². The second kappa shape index (κ2) is 7.49. The number of ether oxygens (including phenoxy) is 1. The molecule has 0 spiro atoms. The molecular weight excluding hydrogens is 188 g/mol. The van der Waals surface area contributed by atoms with Gasteiger partial charge in [-0.25, -0.2) is 4.79 Å². The Bertz CT molecular complexity index is 209. The Labute approximate surface area is 92.7 Å². The minimum absolute atomic E-state index is 0.0631. The molecule has 1 aliphatic heterocycles. The molecule has 1 aliphatic rings. The molecule has 0 aromatic heterocycles. The van der Waals surface area contributed by atoms with Crippen molar-refractivity contribution >= 4 is 5.97 Å². The number of rotatable bonds is 8. The van der Waals surface area contributed by atoms with Crippen LogP contribution in [0.3, 0.4) is 0 Å². The summed E-state index contributed by atoms with van der Waals surface area (Å²) in [7, 11) is 0. The third kappa shape index (κ3) is 5.60. The normalized spacial score (nSPS) is 19.5. The molecule has 0 N–H and O–H groups in total. The van der Waals surface area contributed by atoms with Gasteiger partial charge in [0.25, 0.3) is 0 Å². The van der Waals surface area contributed by atoms with Crippen LogP contribution in [-0.4, -0.2) is 12.1 Å². The first-order valence-corrected chi connectivity index (χ1v) is 6.21. The number of carbonyl (C=O) groups excluding carboxylic acids is 1. The van der Waals surface area contributed by atoms with Crippen LogP contribution in [0.5, 0.6) is 0 Å². The van der Waals surface area contributed by atoms with Crippen LogP contribution in [0.15, 0.2) is 12.2 Å². The van der Waals surface area contributed by atoms with E-state index >= 15 is 0 Å². The quantitative estimate of drug-likeness (QED) is 0.452. The average molecular weight is 210 g/mol. The summed E-state index contributed by atoms with van der Waals surface area (Å²) in [6.07, 6.45) is 13.6. The van der Waals surface area contributed by atoms with E-state index in [0.29, 0.717) is 0 Å². The van der Waals surface area contributed by atoms with Crippen LogP contribution in [0.2, 0.25) is 0 Å². The van der Waals surface area contributed by atoms with Gasteiger partial charge in [-0.1, -0.05) is 45.4 Å². The van der Waals surface area contributed by atoms with Crippen molar-refractivity contribution in [1.82, 2.24) is 0 Å². The molecule has 0 amide bonds. The maximum Gasteiger partial charge on any atom is 0.331 e. The van der Waals surface area contributed by atoms with Gasteiger partial charge in [0.1, 0.15) is 6.10 Å². The highest BCUT2D eigenvalue weighted by Gasteiger charge is 2.15. The summed E-state index contributed by atoms with van der Waals surface area (Å²) in [5, 5.41) is 0. The summed E-state index contributed by atoms with van der Waals surface area (Å²) in [6, 6.07) is 0. The Morgan fingerprint density at radius 3 is 2.40 bits per heavy atom. The number of hydrogen-bond acceptors (Lipinski definition) is 2. The van der Waals surface area contributed by atoms with Crippen molar-refractivity contribution in [3.05, 3.63) is 12.2 Å². The highest BCUT2D eigenvalue weighted by molar-refractivity contribution is 5.84. The van der Waals surface area contributed by atoms with E-state index in [9.17, 15) is 4.79 Å². The second-order valence-corrected chi connectivity index (χ2v) is 4.24. The lowest BCUT2D eigenvalue weighted by molar-refractivity contribution is -0.138. The summed E-state index contributed by atoms with van der Waals surface area (Å²) >= 11 is 0. The molecule has 1 atom stereocenters. The zero-order chi connectivity index (χ0) is 10.9. The van der Waals surface area contributed by atoms with Crippen molar-refractivity contribution in [1.29, 1.82) is 0 Å². The molecule has 1 heterocycles. The lowest BCUT2D eigenvalue weighted by Gasteiger charge is -2.07. The van der Waals surface area contributed by atoms with Gasteiger partial charge in [-0.2, -0.15) is 0 Å². The maximum absolute atomic E-state index is 10.8. The molecule has 1 rings (SSSR count). The molecule has 0 bridgehead atoms. The molecule has 15 heavy (non-hydrogen) atoms. The molecule has 0 radical (unpaired) electrons. The fraction of sp³-hybridized carbons (Fsp3) is 0.769. The molecule has 86 valence electrons. The lowest BCUT2D eigenvalue weighted by atomic mass is 10.1. The van der Waals surface area contributed by atoms with E-state index in [1.807, 2.05) is 6.08 Å². The predicted molar refractivity (Wildman–Crippen MR) is 61.6 cm³/mol. The predicted octanol–water partition coefficient (Wildman–Crippen LogP) is 3.61. The molecular formula is C13H22O2. The Morgan fingerprint density at radius 2 is 1.80 bits per heavy atom. The SMILES string of the molecule is CCCCCCCCC[C@@H]1C=CC(=O)O1. The molecule has 2 heteroatoms. The van der Waals surface area contributed by atoms with Crippen LogP contribution in [0.25, 0.3) is 0 Å². The fourth-order valence-electron chi connectivity index (χ4n) is 1.87. The molecule has 2 nitrogen and oxygen atoms in total. The van der Waals surface area contributed by atoms with Crippen LogP contribution >= 0.6 is 0 Å². The Morgan fingerprint density at radius 1 is 1.13 bits per heavy atom. The number of esters is 1. The van der Waals surface area contributed by atoms with Crippen LogP contribution in [-0.2, 0) is 9.53 Å². The molecule has 0 saturated carbocycles. The average Bonchev–Trinajstić information content (AvgIpc) is 2.63. The van der Waals surface area contributed by atoms with Crippen molar-refractivity contribution in [2.75, 3.05) is 0 Å². The van der Waals surface area contributed by atoms with Crippen molar-refractivity contribution in [3.8, 4) is 0 Å². The minimum Gasteiger partial charge on any atom is -0.455 e. The summed E-state index contributed by atoms with van der Waals surface area (Å²) in [5.74, 6) is -0.178. The number of unbranched alkanes of at least 4 members (excludes halogenated alkanes) is 6. The number of carbonyl (C=O) groups is 1. The van der Waals surface area contributed by atoms with Gasteiger partial charge in [-0.05, 0) is 18.9 Å². The Balaban J connectivity index is 1.85. The van der Waals surface area contributed by atoms with Gasteiger partial charge in [0.15, 0.2) is 0 Å². The van der Waals surface area contributed by atoms with E-state index in [1.54, 1.807) is 0 Å². The topological polar surface area (TPSA) is 26.3 Å². The molecule has 0 aliphatic carbocycles. The van der Waals surface area contributed by atoms with Gasteiger partial charge in [0.05, 0.1) is 0 Å². The summed E-state index contributed by atoms with van der Waals surface area (Å²) in [6.45, 7) is 2.24. The van der Waals surface area contributed by atoms with Crippen LogP contribution in [0.1, 0.15) is 58.3 Å². The first-order valence-electron chi connectivity index (χ1n) is 6.21. The monoisotopic (exact) mass is 210 g/mol. The van der Waals surface area contributed by atoms with Gasteiger partial charge in [0, 0.05) is 6.08 Å². The lowest BCUT2D eigenvalue weighted by Crippen LogP contribution is -2.06. The fourth-order valence-corrected chi connectivity index (χ4v) is 1.87. The highest BCUT2D eigenvalue weighted by Crippen LogP contribution is 2.14. The van der Waals surface area contributed by atoms with E-state index in [1.165, 1.54) is 51.0 Å². The summed E-state index contributed by atoms with van der Waals surface area (Å²) in [5.41, 5.74) is 0. The highest BCUT2D eigenvalue weighted by atomic mass is 16.5. The van der Waals surface area contributed by atoms with Gasteiger partial charge in [-0.3, -0.25) is 0 Å². The minimum atomic E-state index is -0.178. The van der Waals surface area contributed by atoms with Crippen molar-refractivity contribution in [2.45, 2.75) is 64.4 Å². The van der Waals surface area contributed by atoms with Crippen molar-refractivity contribution in [3.63, 3.8) is 0 Å². The van der Waals surface area contributed by atoms with Gasteiger partial charge >= 0.3 is 5.97 Å². The molecule has 0 aromatic rings. The van der Waals surface area contributed by atoms with E-state index in [0.717, 1.165) is 6.42 Å². The first kappa shape index (κ1) is 12.3. The molecule has 0 unspecified atom stereocenters. The first-order chi connectivity index (χ1) is 7.33. The largest absolute Gasteiger partial charge is 0.455 e. The van der Waals surface area contributed by atoms with Gasteiger partial charge in [-0.15, -0.1) is 0 Å². The summed E-state index contributed by atoms with van der Waals surface area (Å²) < 4.78 is 5.06. The Kier molecular flexibility index (Phi) is 6.14. The standard InChI is InChI=1S/C13H22O2/c1-2-3-4-5-6-7-8-9-12-10-11-13(14)15-12/h10-12H,2-9H2,1H3/t12-/m1/s1. The number of cyclic esters (lactones) is 1.